The van der Waals surface area contributed by atoms with Crippen molar-refractivity contribution in [3.63, 3.8) is 0 Å². The van der Waals surface area contributed by atoms with Crippen molar-refractivity contribution < 1.29 is 4.79 Å². The van der Waals surface area contributed by atoms with Crippen LogP contribution in [0.2, 0.25) is 0 Å². The molecule has 1 unspecified atom stereocenters. The normalized spacial score (nSPS) is 14.1. The summed E-state index contributed by atoms with van der Waals surface area (Å²) >= 11 is 0. The lowest BCUT2D eigenvalue weighted by molar-refractivity contribution is 0.0994. The maximum Gasteiger partial charge on any atom is 0.260 e. The Morgan fingerprint density at radius 1 is 1.07 bits per heavy atom. The number of rotatable bonds is 4. The zero-order valence-electron chi connectivity index (χ0n) is 17.2. The van der Waals surface area contributed by atoms with Crippen molar-refractivity contribution in [2.45, 2.75) is 33.2 Å². The van der Waals surface area contributed by atoms with Gasteiger partial charge in [-0.05, 0) is 44.5 Å². The van der Waals surface area contributed by atoms with Crippen molar-refractivity contribution in [2.24, 2.45) is 0 Å². The van der Waals surface area contributed by atoms with Crippen LogP contribution in [0.1, 0.15) is 36.2 Å². The summed E-state index contributed by atoms with van der Waals surface area (Å²) in [5.41, 5.74) is 4.35. The number of carbonyl (C=O) groups excluding carboxylic acids is 1. The first-order valence-electron chi connectivity index (χ1n) is 9.86. The van der Waals surface area contributed by atoms with Gasteiger partial charge in [0.15, 0.2) is 5.82 Å². The number of hydrogen-bond acceptors (Lipinski definition) is 5. The monoisotopic (exact) mass is 387 g/mol. The third-order valence-corrected chi connectivity index (χ3v) is 5.38. The molecule has 4 rings (SSSR count). The number of nitrogens with zero attached hydrogens (tertiary/aromatic N) is 4. The van der Waals surface area contributed by atoms with Crippen LogP contribution in [0.25, 0.3) is 0 Å². The minimum atomic E-state index is -0.0597. The Morgan fingerprint density at radius 2 is 1.79 bits per heavy atom. The highest BCUT2D eigenvalue weighted by atomic mass is 16.2. The third kappa shape index (κ3) is 3.42. The molecular formula is C23H25N5O. The Hall–Kier alpha value is -3.41. The maximum absolute atomic E-state index is 13.1. The number of amides is 1. The van der Waals surface area contributed by atoms with Crippen LogP contribution in [-0.4, -0.2) is 29.0 Å². The number of fused-ring (bicyclic) bond motifs is 2. The third-order valence-electron chi connectivity index (χ3n) is 5.38. The lowest BCUT2D eigenvalue weighted by Gasteiger charge is -2.30. The Labute approximate surface area is 171 Å². The van der Waals surface area contributed by atoms with Crippen LogP contribution >= 0.6 is 0 Å². The molecule has 0 saturated heterocycles. The second-order valence-corrected chi connectivity index (χ2v) is 7.40. The second kappa shape index (κ2) is 7.54. The summed E-state index contributed by atoms with van der Waals surface area (Å²) in [6.07, 6.45) is 2.63. The minimum absolute atomic E-state index is 0.0597. The van der Waals surface area contributed by atoms with Crippen LogP contribution in [0.4, 0.5) is 28.8 Å². The fourth-order valence-corrected chi connectivity index (χ4v) is 3.50. The zero-order chi connectivity index (χ0) is 20.5. The predicted octanol–water partition coefficient (Wildman–Crippen LogP) is 5.06. The predicted molar refractivity (Wildman–Crippen MR) is 118 cm³/mol. The Morgan fingerprint density at radius 3 is 2.52 bits per heavy atom. The number of hydrogen-bond donors (Lipinski definition) is 1. The summed E-state index contributed by atoms with van der Waals surface area (Å²) in [4.78, 5) is 26.2. The van der Waals surface area contributed by atoms with E-state index in [1.165, 1.54) is 5.56 Å². The van der Waals surface area contributed by atoms with Gasteiger partial charge in [0.25, 0.3) is 5.91 Å². The molecule has 1 N–H and O–H groups in total. The van der Waals surface area contributed by atoms with Crippen LogP contribution in [0, 0.1) is 6.92 Å². The van der Waals surface area contributed by atoms with Crippen LogP contribution in [-0.2, 0) is 0 Å². The molecule has 0 spiro atoms. The number of anilines is 5. The average molecular weight is 387 g/mol. The Bertz CT molecular complexity index is 1050. The number of benzene rings is 2. The molecule has 3 aromatic rings. The minimum Gasteiger partial charge on any atom is -0.324 e. The van der Waals surface area contributed by atoms with Crippen LogP contribution in [0.15, 0.2) is 54.7 Å². The van der Waals surface area contributed by atoms with E-state index in [0.717, 1.165) is 23.6 Å². The molecule has 1 atom stereocenters. The van der Waals surface area contributed by atoms with Crippen molar-refractivity contribution in [2.75, 3.05) is 22.2 Å². The summed E-state index contributed by atoms with van der Waals surface area (Å²) in [6, 6.07) is 16.0. The summed E-state index contributed by atoms with van der Waals surface area (Å²) in [5.74, 6) is 1.17. The van der Waals surface area contributed by atoms with Crippen LogP contribution in [0.3, 0.4) is 0 Å². The number of aryl methyl sites for hydroxylation is 1. The molecule has 0 aliphatic carbocycles. The van der Waals surface area contributed by atoms with E-state index in [1.54, 1.807) is 18.1 Å². The second-order valence-electron chi connectivity index (χ2n) is 7.40. The van der Waals surface area contributed by atoms with E-state index in [2.05, 4.69) is 36.0 Å². The Kier molecular flexibility index (Phi) is 4.92. The first kappa shape index (κ1) is 18.9. The number of nitrogens with one attached hydrogen (secondary N) is 1. The molecule has 2 heterocycles. The van der Waals surface area contributed by atoms with E-state index >= 15 is 0 Å². The number of aromatic nitrogens is 2. The van der Waals surface area contributed by atoms with E-state index < -0.39 is 0 Å². The molecule has 0 radical (unpaired) electrons. The van der Waals surface area contributed by atoms with E-state index in [0.29, 0.717) is 17.2 Å². The van der Waals surface area contributed by atoms with E-state index in [4.69, 9.17) is 4.98 Å². The van der Waals surface area contributed by atoms with Crippen LogP contribution < -0.4 is 15.1 Å². The first-order chi connectivity index (χ1) is 14.0. The molecule has 6 nitrogen and oxygen atoms in total. The molecule has 1 aliphatic heterocycles. The molecule has 148 valence electrons. The molecular weight excluding hydrogens is 362 g/mol. The fraction of sp³-hybridized carbons (Fsp3) is 0.261. The van der Waals surface area contributed by atoms with Gasteiger partial charge in [-0.3, -0.25) is 4.79 Å². The van der Waals surface area contributed by atoms with Gasteiger partial charge in [0, 0.05) is 18.8 Å². The summed E-state index contributed by atoms with van der Waals surface area (Å²) in [7, 11) is 1.77. The number of para-hydroxylation sites is 1. The van der Waals surface area contributed by atoms with Crippen molar-refractivity contribution in [1.29, 1.82) is 0 Å². The fourth-order valence-electron chi connectivity index (χ4n) is 3.50. The smallest absolute Gasteiger partial charge is 0.260 e. The summed E-state index contributed by atoms with van der Waals surface area (Å²) < 4.78 is 0. The highest BCUT2D eigenvalue weighted by Gasteiger charge is 2.32. The summed E-state index contributed by atoms with van der Waals surface area (Å²) in [6.45, 7) is 6.33. The van der Waals surface area contributed by atoms with Crippen LogP contribution in [0.5, 0.6) is 0 Å². The largest absolute Gasteiger partial charge is 0.324 e. The van der Waals surface area contributed by atoms with Gasteiger partial charge in [-0.15, -0.1) is 0 Å². The molecule has 1 aromatic heterocycles. The molecule has 6 heteroatoms. The lowest BCUT2D eigenvalue weighted by atomic mass is 10.1. The molecule has 0 saturated carbocycles. The van der Waals surface area contributed by atoms with Gasteiger partial charge in [0.1, 0.15) is 5.69 Å². The zero-order valence-corrected chi connectivity index (χ0v) is 17.2. The molecule has 29 heavy (non-hydrogen) atoms. The number of carbonyl (C=O) groups is 1. The maximum atomic E-state index is 13.1. The highest BCUT2D eigenvalue weighted by molar-refractivity contribution is 6.13. The highest BCUT2D eigenvalue weighted by Crippen LogP contribution is 2.40. The standard InChI is InChI=1S/C23H25N5O/c1-5-16(3)28-19-9-7-6-8-18(19)22(29)27(4)20-14-24-23(26-21(20)28)25-17-12-10-15(2)11-13-17/h6-14,16H,5H2,1-4H3,(H,24,25,26). The van der Waals surface area contributed by atoms with E-state index in [9.17, 15) is 4.79 Å². The van der Waals surface area contributed by atoms with Gasteiger partial charge in [-0.2, -0.15) is 4.98 Å². The van der Waals surface area contributed by atoms with E-state index in [-0.39, 0.29) is 11.9 Å². The lowest BCUT2D eigenvalue weighted by Crippen LogP contribution is -2.29. The molecule has 1 aliphatic rings. The first-order valence-corrected chi connectivity index (χ1v) is 9.86. The van der Waals surface area contributed by atoms with Gasteiger partial charge in [0.2, 0.25) is 5.95 Å². The van der Waals surface area contributed by atoms with Crippen molar-refractivity contribution in [3.05, 3.63) is 65.9 Å². The summed E-state index contributed by atoms with van der Waals surface area (Å²) in [5, 5.41) is 3.28. The Balaban J connectivity index is 1.85. The van der Waals surface area contributed by atoms with Gasteiger partial charge >= 0.3 is 0 Å². The van der Waals surface area contributed by atoms with E-state index in [1.807, 2.05) is 48.5 Å². The van der Waals surface area contributed by atoms with Gasteiger partial charge < -0.3 is 15.1 Å². The van der Waals surface area contributed by atoms with Gasteiger partial charge in [-0.1, -0.05) is 36.8 Å². The van der Waals surface area contributed by atoms with Crippen molar-refractivity contribution >= 4 is 34.7 Å². The van der Waals surface area contributed by atoms with Crippen molar-refractivity contribution in [3.8, 4) is 0 Å². The molecule has 0 fully saturated rings. The molecule has 0 bridgehead atoms. The van der Waals surface area contributed by atoms with Gasteiger partial charge in [-0.25, -0.2) is 4.98 Å². The topological polar surface area (TPSA) is 61.4 Å². The van der Waals surface area contributed by atoms with Crippen molar-refractivity contribution in [1.82, 2.24) is 9.97 Å². The average Bonchev–Trinajstić information content (AvgIpc) is 2.83. The SMILES string of the molecule is CCC(C)N1c2ccccc2C(=O)N(C)c2cnc(Nc3ccc(C)cc3)nc21. The molecule has 2 aromatic carbocycles. The van der Waals surface area contributed by atoms with Gasteiger partial charge in [0.05, 0.1) is 17.4 Å². The molecule has 1 amide bonds. The quantitative estimate of drug-likeness (QED) is 0.678.